The fraction of sp³-hybridized carbons (Fsp3) is 0.231. The Hall–Kier alpha value is -6.37. The van der Waals surface area contributed by atoms with Gasteiger partial charge in [-0.1, -0.05) is 23.4 Å². The molecular formula is C39H32FN3O9. The summed E-state index contributed by atoms with van der Waals surface area (Å²) in [5.74, 6) is -0.598. The van der Waals surface area contributed by atoms with Crippen molar-refractivity contribution in [3.8, 4) is 34.5 Å². The number of methoxy groups -OCH3 is 2. The van der Waals surface area contributed by atoms with E-state index in [9.17, 15) is 19.1 Å². The molecule has 2 aliphatic heterocycles. The van der Waals surface area contributed by atoms with Gasteiger partial charge in [0.15, 0.2) is 28.8 Å². The van der Waals surface area contributed by atoms with Crippen molar-refractivity contribution in [1.29, 1.82) is 0 Å². The number of benzene rings is 4. The van der Waals surface area contributed by atoms with Gasteiger partial charge in [0.1, 0.15) is 23.9 Å². The van der Waals surface area contributed by atoms with Gasteiger partial charge in [-0.15, -0.1) is 5.10 Å². The molecule has 5 aromatic rings. The first-order valence-corrected chi connectivity index (χ1v) is 16.5. The van der Waals surface area contributed by atoms with Gasteiger partial charge in [0.05, 0.1) is 39.0 Å². The van der Waals surface area contributed by atoms with Gasteiger partial charge in [0.25, 0.3) is 0 Å². The van der Waals surface area contributed by atoms with E-state index in [0.717, 1.165) is 11.1 Å². The number of phenolic OH excluding ortho intramolecular Hbond substituents is 1. The minimum absolute atomic E-state index is 0.0631. The summed E-state index contributed by atoms with van der Waals surface area (Å²) in [5, 5.41) is 19.5. The van der Waals surface area contributed by atoms with Crippen LogP contribution in [0.3, 0.4) is 0 Å². The van der Waals surface area contributed by atoms with Crippen LogP contribution in [0.5, 0.6) is 34.5 Å². The quantitative estimate of drug-likeness (QED) is 0.106. The number of fused-ring (bicyclic) bond motifs is 3. The molecule has 13 heteroatoms. The Morgan fingerprint density at radius 3 is 2.40 bits per heavy atom. The zero-order chi connectivity index (χ0) is 35.9. The van der Waals surface area contributed by atoms with Crippen LogP contribution in [0.1, 0.15) is 50.3 Å². The molecule has 4 atom stereocenters. The van der Waals surface area contributed by atoms with Crippen molar-refractivity contribution >= 4 is 17.8 Å². The molecule has 1 fully saturated rings. The van der Waals surface area contributed by atoms with Gasteiger partial charge in [-0.3, -0.25) is 9.59 Å². The number of nitrogens with zero attached hydrogens (tertiary/aromatic N) is 3. The number of carbonyl (C=O) groups is 2. The minimum atomic E-state index is -0.622. The molecule has 264 valence electrons. The second-order valence-electron chi connectivity index (χ2n) is 12.6. The van der Waals surface area contributed by atoms with Crippen molar-refractivity contribution < 1.29 is 47.5 Å². The molecule has 52 heavy (non-hydrogen) atoms. The van der Waals surface area contributed by atoms with Crippen LogP contribution in [0.4, 0.5) is 4.39 Å². The molecule has 0 bridgehead atoms. The van der Waals surface area contributed by atoms with Crippen LogP contribution >= 0.6 is 0 Å². The highest BCUT2D eigenvalue weighted by Gasteiger charge is 2.53. The van der Waals surface area contributed by atoms with Crippen LogP contribution in [-0.4, -0.2) is 59.5 Å². The van der Waals surface area contributed by atoms with Gasteiger partial charge in [0.2, 0.25) is 12.5 Å². The Morgan fingerprint density at radius 2 is 1.69 bits per heavy atom. The predicted octanol–water partition coefficient (Wildman–Crippen LogP) is 5.87. The van der Waals surface area contributed by atoms with E-state index < -0.39 is 23.7 Å². The maximum absolute atomic E-state index is 13.9. The SMILES string of the molecule is COc1cc([C@@H]2c3cc4c(cc3[C@@H](n3cc(COc5ccc(C(=O)/C=C/c6ccccc6F)cc5)nn3)[C@H]3COC(=O)[C@H]23)OCO4)cc(OC)c1O. The molecule has 1 aromatic heterocycles. The Morgan fingerprint density at radius 1 is 0.981 bits per heavy atom. The monoisotopic (exact) mass is 705 g/mol. The molecule has 12 nitrogen and oxygen atoms in total. The number of esters is 1. The average Bonchev–Trinajstić information content (AvgIpc) is 3.92. The largest absolute Gasteiger partial charge is 0.502 e. The summed E-state index contributed by atoms with van der Waals surface area (Å²) < 4.78 is 49.8. The number of hydrogen-bond donors (Lipinski definition) is 1. The summed E-state index contributed by atoms with van der Waals surface area (Å²) in [6, 6.07) is 19.6. The lowest BCUT2D eigenvalue weighted by atomic mass is 9.65. The topological polar surface area (TPSA) is 140 Å². The van der Waals surface area contributed by atoms with E-state index in [-0.39, 0.29) is 54.9 Å². The third kappa shape index (κ3) is 5.83. The van der Waals surface area contributed by atoms with Crippen LogP contribution in [0, 0.1) is 17.7 Å². The van der Waals surface area contributed by atoms with Crippen LogP contribution in [0.15, 0.2) is 85.1 Å². The Bertz CT molecular complexity index is 2190. The Labute approximate surface area is 296 Å². The number of phenols is 1. The second-order valence-corrected chi connectivity index (χ2v) is 12.6. The number of rotatable bonds is 10. The molecule has 0 amide bonds. The summed E-state index contributed by atoms with van der Waals surface area (Å²) in [6.07, 6.45) is 4.55. The maximum atomic E-state index is 13.9. The Balaban J connectivity index is 1.06. The van der Waals surface area contributed by atoms with Crippen molar-refractivity contribution in [3.05, 3.63) is 124 Å². The van der Waals surface area contributed by atoms with E-state index in [1.807, 2.05) is 12.1 Å². The van der Waals surface area contributed by atoms with Crippen molar-refractivity contribution in [2.75, 3.05) is 27.6 Å². The Kier molecular flexibility index (Phi) is 8.45. The highest BCUT2D eigenvalue weighted by molar-refractivity contribution is 6.06. The van der Waals surface area contributed by atoms with E-state index in [0.29, 0.717) is 39.6 Å². The molecule has 4 aromatic carbocycles. The highest BCUT2D eigenvalue weighted by Crippen LogP contribution is 2.56. The van der Waals surface area contributed by atoms with E-state index in [4.69, 9.17) is 28.4 Å². The normalized spacial score (nSPS) is 19.9. The first-order chi connectivity index (χ1) is 25.3. The number of ether oxygens (including phenoxy) is 6. The molecule has 0 saturated carbocycles. The van der Waals surface area contributed by atoms with Gasteiger partial charge >= 0.3 is 5.97 Å². The number of cyclic esters (lactones) is 1. The molecule has 1 aliphatic carbocycles. The van der Waals surface area contributed by atoms with Crippen LogP contribution in [-0.2, 0) is 16.1 Å². The minimum Gasteiger partial charge on any atom is -0.502 e. The predicted molar refractivity (Wildman–Crippen MR) is 182 cm³/mol. The van der Waals surface area contributed by atoms with Crippen molar-refractivity contribution in [1.82, 2.24) is 15.0 Å². The number of hydrogen-bond acceptors (Lipinski definition) is 11. The van der Waals surface area contributed by atoms with Gasteiger partial charge in [-0.25, -0.2) is 9.07 Å². The van der Waals surface area contributed by atoms with E-state index >= 15 is 0 Å². The molecule has 3 heterocycles. The summed E-state index contributed by atoms with van der Waals surface area (Å²) in [4.78, 5) is 26.2. The number of carbonyl (C=O) groups excluding carboxylic acids is 2. The summed E-state index contributed by atoms with van der Waals surface area (Å²) >= 11 is 0. The fourth-order valence-corrected chi connectivity index (χ4v) is 7.23. The number of allylic oxidation sites excluding steroid dienone is 1. The second kappa shape index (κ2) is 13.4. The maximum Gasteiger partial charge on any atom is 0.310 e. The van der Waals surface area contributed by atoms with Gasteiger partial charge in [0, 0.05) is 23.0 Å². The number of ketones is 1. The average molecular weight is 706 g/mol. The number of aromatic hydroxyl groups is 1. The third-order valence-corrected chi connectivity index (χ3v) is 9.70. The zero-order valence-electron chi connectivity index (χ0n) is 28.0. The zero-order valence-corrected chi connectivity index (χ0v) is 28.0. The standard InChI is InChI=1S/C39H32FN3O9/c1-47-33-13-23(14-34(48-2)38(33)45)35-26-15-31-32(52-20-51-31)16-27(26)37(28-19-50-39(46)36(28)35)43-17-24(41-42-43)18-49-25-10-7-22(8-11-25)30(44)12-9-21-5-3-4-6-29(21)40/h3-17,28,35-37,45H,18-20H2,1-2H3/b12-9+/t28-,35+,36-,37+/m0/s1. The van der Waals surface area contributed by atoms with Gasteiger partial charge in [-0.05, 0) is 83.4 Å². The van der Waals surface area contributed by atoms with Crippen LogP contribution in [0.2, 0.25) is 0 Å². The van der Waals surface area contributed by atoms with Gasteiger partial charge in [-0.2, -0.15) is 0 Å². The number of halogens is 1. The molecule has 1 N–H and O–H groups in total. The lowest BCUT2D eigenvalue weighted by Gasteiger charge is -2.39. The lowest BCUT2D eigenvalue weighted by molar-refractivity contribution is -0.141. The van der Waals surface area contributed by atoms with E-state index in [2.05, 4.69) is 10.3 Å². The first-order valence-electron chi connectivity index (χ1n) is 16.5. The molecule has 8 rings (SSSR count). The lowest BCUT2D eigenvalue weighted by Crippen LogP contribution is -2.37. The molecule has 1 saturated heterocycles. The molecule has 0 spiro atoms. The van der Waals surface area contributed by atoms with E-state index in [1.165, 1.54) is 32.4 Å². The summed E-state index contributed by atoms with van der Waals surface area (Å²) in [7, 11) is 2.90. The van der Waals surface area contributed by atoms with Crippen molar-refractivity contribution in [2.24, 2.45) is 11.8 Å². The van der Waals surface area contributed by atoms with Crippen LogP contribution < -0.4 is 23.7 Å². The fourth-order valence-electron chi connectivity index (χ4n) is 7.23. The summed E-state index contributed by atoms with van der Waals surface area (Å²) in [6.45, 7) is 0.297. The first kappa shape index (κ1) is 32.8. The van der Waals surface area contributed by atoms with Crippen molar-refractivity contribution in [3.63, 3.8) is 0 Å². The molecule has 0 radical (unpaired) electrons. The molecule has 0 unspecified atom stereocenters. The number of aromatic nitrogens is 3. The highest BCUT2D eigenvalue weighted by atomic mass is 19.1. The smallest absolute Gasteiger partial charge is 0.310 e. The molecular weight excluding hydrogens is 673 g/mol. The summed E-state index contributed by atoms with van der Waals surface area (Å²) in [5.41, 5.74) is 3.63. The van der Waals surface area contributed by atoms with Gasteiger partial charge < -0.3 is 33.5 Å². The van der Waals surface area contributed by atoms with Crippen LogP contribution in [0.25, 0.3) is 6.08 Å². The third-order valence-electron chi connectivity index (χ3n) is 9.70. The molecule has 3 aliphatic rings. The van der Waals surface area contributed by atoms with E-state index in [1.54, 1.807) is 65.5 Å². The van der Waals surface area contributed by atoms with Crippen molar-refractivity contribution in [2.45, 2.75) is 18.6 Å².